The number of carbonyl (C=O) groups excluding carboxylic acids is 2. The van der Waals surface area contributed by atoms with Crippen molar-refractivity contribution < 1.29 is 24.2 Å². The first-order valence-electron chi connectivity index (χ1n) is 10.3. The number of nitrogens with two attached hydrogens (primary N) is 1. The summed E-state index contributed by atoms with van der Waals surface area (Å²) in [7, 11) is 0. The molecule has 2 rings (SSSR count). The summed E-state index contributed by atoms with van der Waals surface area (Å²) in [5, 5.41) is 12.5. The largest absolute Gasteiger partial charge is 0.480 e. The van der Waals surface area contributed by atoms with Crippen LogP contribution >= 0.6 is 36.6 Å². The van der Waals surface area contributed by atoms with Crippen LogP contribution in [0.3, 0.4) is 0 Å². The molecule has 0 aliphatic carbocycles. The van der Waals surface area contributed by atoms with Crippen LogP contribution in [0, 0.1) is 0 Å². The zero-order valence-electron chi connectivity index (χ0n) is 18.2. The monoisotopic (exact) mass is 509 g/mol. The topological polar surface area (TPSA) is 122 Å². The Morgan fingerprint density at radius 3 is 2.56 bits per heavy atom. The van der Waals surface area contributed by atoms with Crippen LogP contribution in [0.2, 0.25) is 0 Å². The predicted octanol–water partition coefficient (Wildman–Crippen LogP) is 3.20. The molecule has 0 aromatic heterocycles. The van der Waals surface area contributed by atoms with Gasteiger partial charge in [-0.1, -0.05) is 31.4 Å². The average Bonchev–Trinajstić information content (AvgIpc) is 2.81. The fourth-order valence-electron chi connectivity index (χ4n) is 3.27. The molecule has 1 aliphatic rings. The Morgan fingerprint density at radius 2 is 1.88 bits per heavy atom. The molecule has 0 radical (unpaired) electrons. The van der Waals surface area contributed by atoms with Gasteiger partial charge >= 0.3 is 11.9 Å². The Kier molecular flexibility index (Phi) is 15.4. The quantitative estimate of drug-likeness (QED) is 0.223. The van der Waals surface area contributed by atoms with Gasteiger partial charge < -0.3 is 15.2 Å². The van der Waals surface area contributed by atoms with Crippen molar-refractivity contribution in [2.45, 2.75) is 62.6 Å². The fraction of sp³-hybridized carbons (Fsp3) is 0.571. The van der Waals surface area contributed by atoms with Gasteiger partial charge in [0.1, 0.15) is 12.8 Å². The molecule has 1 aliphatic heterocycles. The van der Waals surface area contributed by atoms with Crippen LogP contribution in [0.15, 0.2) is 29.2 Å². The molecular formula is C21H33Cl2N3O5S. The number of fused-ring (bicyclic) bond motifs is 1. The summed E-state index contributed by atoms with van der Waals surface area (Å²) in [5.74, 6) is -0.938. The molecular weight excluding hydrogens is 477 g/mol. The van der Waals surface area contributed by atoms with Gasteiger partial charge in [0.05, 0.1) is 11.7 Å². The number of nitrogens with one attached hydrogen (secondary N) is 1. The highest BCUT2D eigenvalue weighted by Crippen LogP contribution is 2.34. The summed E-state index contributed by atoms with van der Waals surface area (Å²) in [5.41, 5.74) is 6.06. The van der Waals surface area contributed by atoms with Gasteiger partial charge in [0.2, 0.25) is 5.91 Å². The average molecular weight is 510 g/mol. The first-order chi connectivity index (χ1) is 14.4. The van der Waals surface area contributed by atoms with Gasteiger partial charge in [-0.25, -0.2) is 0 Å². The van der Waals surface area contributed by atoms with Crippen molar-refractivity contribution in [3.05, 3.63) is 24.3 Å². The Balaban J connectivity index is 0.00000480. The van der Waals surface area contributed by atoms with Crippen molar-refractivity contribution in [2.75, 3.05) is 23.7 Å². The first kappa shape index (κ1) is 30.5. The van der Waals surface area contributed by atoms with E-state index in [1.54, 1.807) is 24.8 Å². The Bertz CT molecular complexity index is 739. The zero-order valence-corrected chi connectivity index (χ0v) is 20.6. The van der Waals surface area contributed by atoms with E-state index in [4.69, 9.17) is 10.5 Å². The smallest absolute Gasteiger partial charge is 0.323 e. The van der Waals surface area contributed by atoms with Gasteiger partial charge in [-0.15, -0.1) is 36.6 Å². The maximum absolute atomic E-state index is 12.9. The van der Waals surface area contributed by atoms with Crippen molar-refractivity contribution in [1.29, 1.82) is 0 Å². The number of unbranched alkanes of at least 4 members (excludes halogenated alkanes) is 4. The second-order valence-corrected chi connectivity index (χ2v) is 8.38. The highest BCUT2D eigenvalue weighted by Gasteiger charge is 2.31. The summed E-state index contributed by atoms with van der Waals surface area (Å²) in [6, 6.07) is 6.98. The molecule has 0 fully saturated rings. The number of carboxylic acid groups (broad SMARTS) is 1. The molecule has 32 heavy (non-hydrogen) atoms. The number of rotatable bonds is 12. The Labute approximate surface area is 205 Å². The van der Waals surface area contributed by atoms with Gasteiger partial charge in [-0.05, 0) is 38.4 Å². The SMILES string of the molecule is CC(N)OC(=O)CCCCCCCNC1CSc2ccccc2N(CC(=O)O)C1=O.Cl.Cl. The Hall–Kier alpha value is -1.52. The minimum Gasteiger partial charge on any atom is -0.480 e. The van der Waals surface area contributed by atoms with Crippen LogP contribution in [-0.4, -0.2) is 54.1 Å². The number of para-hydroxylation sites is 1. The number of carboxylic acids is 1. The van der Waals surface area contributed by atoms with Crippen molar-refractivity contribution in [2.24, 2.45) is 5.73 Å². The van der Waals surface area contributed by atoms with Crippen LogP contribution < -0.4 is 16.0 Å². The lowest BCUT2D eigenvalue weighted by Gasteiger charge is -2.24. The maximum Gasteiger partial charge on any atom is 0.323 e. The van der Waals surface area contributed by atoms with E-state index in [-0.39, 0.29) is 43.2 Å². The highest BCUT2D eigenvalue weighted by molar-refractivity contribution is 7.99. The fourth-order valence-corrected chi connectivity index (χ4v) is 4.37. The Morgan fingerprint density at radius 1 is 1.22 bits per heavy atom. The number of aliphatic carboxylic acids is 1. The first-order valence-corrected chi connectivity index (χ1v) is 11.3. The zero-order chi connectivity index (χ0) is 21.9. The van der Waals surface area contributed by atoms with Crippen molar-refractivity contribution in [3.63, 3.8) is 0 Å². The third kappa shape index (κ3) is 10.4. The third-order valence-electron chi connectivity index (χ3n) is 4.68. The molecule has 4 N–H and O–H groups in total. The molecule has 1 aromatic rings. The van der Waals surface area contributed by atoms with Crippen LogP contribution in [0.25, 0.3) is 0 Å². The van der Waals surface area contributed by atoms with E-state index in [0.717, 1.165) is 37.0 Å². The summed E-state index contributed by atoms with van der Waals surface area (Å²) < 4.78 is 4.89. The van der Waals surface area contributed by atoms with E-state index in [1.807, 2.05) is 18.2 Å². The third-order valence-corrected chi connectivity index (χ3v) is 5.84. The van der Waals surface area contributed by atoms with Crippen molar-refractivity contribution >= 4 is 60.1 Å². The number of thioether (sulfide) groups is 1. The number of nitrogens with zero attached hydrogens (tertiary/aromatic N) is 1. The van der Waals surface area contributed by atoms with E-state index in [2.05, 4.69) is 5.32 Å². The van der Waals surface area contributed by atoms with Gasteiger partial charge in [0, 0.05) is 17.1 Å². The lowest BCUT2D eigenvalue weighted by Crippen LogP contribution is -2.49. The molecule has 0 spiro atoms. The summed E-state index contributed by atoms with van der Waals surface area (Å²) in [4.78, 5) is 37.9. The standard InChI is InChI=1S/C21H31N3O5S.2ClH/c1-15(22)29-20(27)11-5-3-2-4-8-12-23-16-14-30-18-10-7-6-9-17(18)24(21(16)28)13-19(25)26;;/h6-7,9-10,15-16,23H,2-5,8,11-14,22H2,1H3,(H,25,26);2*1H. The number of amides is 1. The van der Waals surface area contributed by atoms with Gasteiger partial charge in [0.15, 0.2) is 0 Å². The summed E-state index contributed by atoms with van der Waals surface area (Å²) >= 11 is 1.56. The highest BCUT2D eigenvalue weighted by atomic mass is 35.5. The van der Waals surface area contributed by atoms with Crippen LogP contribution in [0.1, 0.15) is 45.4 Å². The molecule has 2 unspecified atom stereocenters. The van der Waals surface area contributed by atoms with Crippen LogP contribution in [0.4, 0.5) is 5.69 Å². The molecule has 1 amide bonds. The minimum absolute atomic E-state index is 0. The second-order valence-electron chi connectivity index (χ2n) is 7.32. The molecule has 0 saturated carbocycles. The van der Waals surface area contributed by atoms with Crippen LogP contribution in [-0.2, 0) is 19.1 Å². The van der Waals surface area contributed by atoms with E-state index in [1.165, 1.54) is 4.90 Å². The molecule has 182 valence electrons. The number of ether oxygens (including phenoxy) is 1. The molecule has 1 aromatic carbocycles. The summed E-state index contributed by atoms with van der Waals surface area (Å²) in [6.07, 6.45) is 4.43. The molecule has 1 heterocycles. The number of halogens is 2. The number of carbonyl (C=O) groups is 3. The van der Waals surface area contributed by atoms with Gasteiger partial charge in [0.25, 0.3) is 0 Å². The van der Waals surface area contributed by atoms with Gasteiger partial charge in [-0.2, -0.15) is 0 Å². The van der Waals surface area contributed by atoms with E-state index >= 15 is 0 Å². The molecule has 0 saturated heterocycles. The second kappa shape index (κ2) is 16.1. The van der Waals surface area contributed by atoms with Gasteiger partial charge in [-0.3, -0.25) is 25.0 Å². The molecule has 2 atom stereocenters. The summed E-state index contributed by atoms with van der Waals surface area (Å²) in [6.45, 7) is 1.96. The molecule has 0 bridgehead atoms. The number of benzene rings is 1. The number of hydrogen-bond acceptors (Lipinski definition) is 7. The lowest BCUT2D eigenvalue weighted by atomic mass is 10.1. The van der Waals surface area contributed by atoms with Crippen molar-refractivity contribution in [3.8, 4) is 0 Å². The lowest BCUT2D eigenvalue weighted by molar-refractivity contribution is -0.148. The number of esters is 1. The normalized spacial score (nSPS) is 16.1. The van der Waals surface area contributed by atoms with Crippen molar-refractivity contribution in [1.82, 2.24) is 5.32 Å². The molecule has 8 nitrogen and oxygen atoms in total. The van der Waals surface area contributed by atoms with E-state index in [0.29, 0.717) is 24.4 Å². The maximum atomic E-state index is 12.9. The molecule has 11 heteroatoms. The van der Waals surface area contributed by atoms with E-state index < -0.39 is 18.2 Å². The van der Waals surface area contributed by atoms with Crippen LogP contribution in [0.5, 0.6) is 0 Å². The number of anilines is 1. The number of hydrogen-bond donors (Lipinski definition) is 3. The predicted molar refractivity (Wildman–Crippen MR) is 131 cm³/mol. The minimum atomic E-state index is -1.03. The van der Waals surface area contributed by atoms with E-state index in [9.17, 15) is 19.5 Å².